The van der Waals surface area contributed by atoms with Crippen LogP contribution in [0.15, 0.2) is 36.4 Å². The number of carboxylic acid groups (broad SMARTS) is 1. The molecule has 3 N–H and O–H groups in total. The lowest BCUT2D eigenvalue weighted by Crippen LogP contribution is -2.38. The van der Waals surface area contributed by atoms with Gasteiger partial charge in [-0.3, -0.25) is 0 Å². The van der Waals surface area contributed by atoms with Gasteiger partial charge in [0, 0.05) is 11.7 Å². The Hall–Kier alpha value is -2.30. The molecule has 5 heteroatoms. The fourth-order valence-corrected chi connectivity index (χ4v) is 1.97. The van der Waals surface area contributed by atoms with Crippen LogP contribution in [0, 0.1) is 0 Å². The minimum absolute atomic E-state index is 0.170. The lowest BCUT2D eigenvalue weighted by atomic mass is 10.0. The van der Waals surface area contributed by atoms with Crippen LogP contribution in [-0.2, 0) is 0 Å². The molecule has 0 heterocycles. The molecule has 1 aliphatic carbocycles. The van der Waals surface area contributed by atoms with E-state index in [1.54, 1.807) is 12.1 Å². The zero-order valence-corrected chi connectivity index (χ0v) is 10.4. The average molecular weight is 260 g/mol. The van der Waals surface area contributed by atoms with Crippen molar-refractivity contribution < 1.29 is 14.7 Å². The Balaban J connectivity index is 1.87. The molecule has 2 amide bonds. The molecule has 0 saturated heterocycles. The van der Waals surface area contributed by atoms with Crippen LogP contribution in [0.1, 0.15) is 29.6 Å². The lowest BCUT2D eigenvalue weighted by molar-refractivity contribution is 0.0697. The van der Waals surface area contributed by atoms with Gasteiger partial charge in [-0.15, -0.1) is 0 Å². The van der Waals surface area contributed by atoms with Crippen LogP contribution in [0.25, 0.3) is 0 Å². The van der Waals surface area contributed by atoms with Crippen LogP contribution in [0.5, 0.6) is 0 Å². The van der Waals surface area contributed by atoms with E-state index >= 15 is 0 Å². The maximum Gasteiger partial charge on any atom is 0.335 e. The van der Waals surface area contributed by atoms with E-state index in [9.17, 15) is 9.59 Å². The number of amides is 2. The van der Waals surface area contributed by atoms with Crippen molar-refractivity contribution in [3.05, 3.63) is 42.0 Å². The first-order valence-electron chi connectivity index (χ1n) is 6.21. The third kappa shape index (κ3) is 3.84. The highest BCUT2D eigenvalue weighted by Crippen LogP contribution is 2.12. The SMILES string of the molecule is O=C(Nc1ccc(C(=O)O)cc1)NC1CC=CCC1. The molecule has 1 unspecified atom stereocenters. The number of urea groups is 1. The van der Waals surface area contributed by atoms with Crippen molar-refractivity contribution in [2.75, 3.05) is 5.32 Å². The predicted octanol–water partition coefficient (Wildman–Crippen LogP) is 2.62. The van der Waals surface area contributed by atoms with Crippen LogP contribution in [-0.4, -0.2) is 23.1 Å². The van der Waals surface area contributed by atoms with Crippen LogP contribution in [0.4, 0.5) is 10.5 Å². The van der Waals surface area contributed by atoms with Gasteiger partial charge in [-0.05, 0) is 43.5 Å². The molecule has 1 aromatic rings. The maximum atomic E-state index is 11.7. The van der Waals surface area contributed by atoms with Gasteiger partial charge in [-0.1, -0.05) is 12.2 Å². The number of nitrogens with one attached hydrogen (secondary N) is 2. The second-order valence-corrected chi connectivity index (χ2v) is 4.46. The van der Waals surface area contributed by atoms with Gasteiger partial charge in [-0.25, -0.2) is 9.59 Å². The van der Waals surface area contributed by atoms with E-state index < -0.39 is 5.97 Å². The van der Waals surface area contributed by atoms with Crippen LogP contribution in [0.3, 0.4) is 0 Å². The van der Waals surface area contributed by atoms with Gasteiger partial charge in [0.15, 0.2) is 0 Å². The van der Waals surface area contributed by atoms with Crippen molar-refractivity contribution in [3.63, 3.8) is 0 Å². The first kappa shape index (κ1) is 13.1. The number of aromatic carboxylic acids is 1. The molecule has 0 aromatic heterocycles. The Bertz CT molecular complexity index is 494. The molecule has 1 aliphatic rings. The molecule has 1 aromatic carbocycles. The van der Waals surface area contributed by atoms with E-state index in [2.05, 4.69) is 22.8 Å². The summed E-state index contributed by atoms with van der Waals surface area (Å²) in [5, 5.41) is 14.3. The summed E-state index contributed by atoms with van der Waals surface area (Å²) in [5.74, 6) is -0.981. The molecule has 0 bridgehead atoms. The predicted molar refractivity (Wildman–Crippen MR) is 72.3 cm³/mol. The second-order valence-electron chi connectivity index (χ2n) is 4.46. The van der Waals surface area contributed by atoms with Crippen LogP contribution < -0.4 is 10.6 Å². The van der Waals surface area contributed by atoms with Crippen molar-refractivity contribution in [2.24, 2.45) is 0 Å². The molecule has 0 aliphatic heterocycles. The lowest BCUT2D eigenvalue weighted by Gasteiger charge is -2.19. The van der Waals surface area contributed by atoms with E-state index in [0.29, 0.717) is 5.69 Å². The number of allylic oxidation sites excluding steroid dienone is 1. The fourth-order valence-electron chi connectivity index (χ4n) is 1.97. The quantitative estimate of drug-likeness (QED) is 0.731. The van der Waals surface area contributed by atoms with Crippen molar-refractivity contribution in [1.82, 2.24) is 5.32 Å². The summed E-state index contributed by atoms with van der Waals surface area (Å²) in [6.07, 6.45) is 6.96. The number of hydrogen-bond donors (Lipinski definition) is 3. The molecule has 19 heavy (non-hydrogen) atoms. The van der Waals surface area contributed by atoms with Gasteiger partial charge in [0.1, 0.15) is 0 Å². The smallest absolute Gasteiger partial charge is 0.335 e. The Morgan fingerprint density at radius 2 is 1.89 bits per heavy atom. The molecule has 0 saturated carbocycles. The van der Waals surface area contributed by atoms with Gasteiger partial charge >= 0.3 is 12.0 Å². The molecule has 2 rings (SSSR count). The molecule has 5 nitrogen and oxygen atoms in total. The zero-order chi connectivity index (χ0) is 13.7. The highest BCUT2D eigenvalue weighted by molar-refractivity contribution is 5.91. The normalized spacial score (nSPS) is 17.8. The molecule has 0 fully saturated rings. The Labute approximate surface area is 111 Å². The molecule has 0 spiro atoms. The van der Waals surface area contributed by atoms with Gasteiger partial charge in [-0.2, -0.15) is 0 Å². The Morgan fingerprint density at radius 1 is 1.16 bits per heavy atom. The Morgan fingerprint density at radius 3 is 2.47 bits per heavy atom. The first-order chi connectivity index (χ1) is 9.15. The summed E-state index contributed by atoms with van der Waals surface area (Å²) >= 11 is 0. The summed E-state index contributed by atoms with van der Waals surface area (Å²) in [7, 11) is 0. The number of carbonyl (C=O) groups is 2. The largest absolute Gasteiger partial charge is 0.478 e. The highest BCUT2D eigenvalue weighted by atomic mass is 16.4. The molecular weight excluding hydrogens is 244 g/mol. The van der Waals surface area contributed by atoms with Crippen molar-refractivity contribution in [1.29, 1.82) is 0 Å². The summed E-state index contributed by atoms with van der Waals surface area (Å²) in [6.45, 7) is 0. The second kappa shape index (κ2) is 6.04. The number of carbonyl (C=O) groups excluding carboxylic acids is 1. The number of rotatable bonds is 3. The van der Waals surface area contributed by atoms with Gasteiger partial charge in [0.25, 0.3) is 0 Å². The third-order valence-corrected chi connectivity index (χ3v) is 2.99. The van der Waals surface area contributed by atoms with E-state index in [1.807, 2.05) is 0 Å². The van der Waals surface area contributed by atoms with Crippen LogP contribution in [0.2, 0.25) is 0 Å². The molecular formula is C14H16N2O3. The molecule has 1 atom stereocenters. The summed E-state index contributed by atoms with van der Waals surface area (Å²) in [6, 6.07) is 5.97. The minimum atomic E-state index is -0.981. The number of anilines is 1. The molecule has 100 valence electrons. The topological polar surface area (TPSA) is 78.4 Å². The number of benzene rings is 1. The fraction of sp³-hybridized carbons (Fsp3) is 0.286. The summed E-state index contributed by atoms with van der Waals surface area (Å²) in [4.78, 5) is 22.4. The monoisotopic (exact) mass is 260 g/mol. The highest BCUT2D eigenvalue weighted by Gasteiger charge is 2.12. The maximum absolute atomic E-state index is 11.7. The Kier molecular flexibility index (Phi) is 4.18. The van der Waals surface area contributed by atoms with Crippen molar-refractivity contribution in [3.8, 4) is 0 Å². The van der Waals surface area contributed by atoms with E-state index in [-0.39, 0.29) is 17.6 Å². The summed E-state index contributed by atoms with van der Waals surface area (Å²) < 4.78 is 0. The van der Waals surface area contributed by atoms with Crippen LogP contribution >= 0.6 is 0 Å². The van der Waals surface area contributed by atoms with E-state index in [1.165, 1.54) is 12.1 Å². The zero-order valence-electron chi connectivity index (χ0n) is 10.4. The minimum Gasteiger partial charge on any atom is -0.478 e. The summed E-state index contributed by atoms with van der Waals surface area (Å²) in [5.41, 5.74) is 0.775. The average Bonchev–Trinajstić information content (AvgIpc) is 2.40. The third-order valence-electron chi connectivity index (χ3n) is 2.99. The van der Waals surface area contributed by atoms with Gasteiger partial charge in [0.05, 0.1) is 5.56 Å². The standard InChI is InChI=1S/C14H16N2O3/c17-13(18)10-6-8-12(9-7-10)16-14(19)15-11-4-2-1-3-5-11/h1-2,6-9,11H,3-5H2,(H,17,18)(H2,15,16,19). The van der Waals surface area contributed by atoms with Crippen molar-refractivity contribution >= 4 is 17.7 Å². The van der Waals surface area contributed by atoms with Gasteiger partial charge < -0.3 is 15.7 Å². The number of carboxylic acids is 1. The van der Waals surface area contributed by atoms with E-state index in [4.69, 9.17) is 5.11 Å². The first-order valence-corrected chi connectivity index (χ1v) is 6.21. The van der Waals surface area contributed by atoms with Gasteiger partial charge in [0.2, 0.25) is 0 Å². The molecule has 0 radical (unpaired) electrons. The van der Waals surface area contributed by atoms with Crippen molar-refractivity contribution in [2.45, 2.75) is 25.3 Å². The van der Waals surface area contributed by atoms with E-state index in [0.717, 1.165) is 19.3 Å². The number of hydrogen-bond acceptors (Lipinski definition) is 2.